The van der Waals surface area contributed by atoms with Crippen LogP contribution in [0.25, 0.3) is 32.9 Å². The molecule has 6 nitrogen and oxygen atoms in total. The molecule has 1 N–H and O–H groups in total. The van der Waals surface area contributed by atoms with E-state index in [-0.39, 0.29) is 12.5 Å². The van der Waals surface area contributed by atoms with Gasteiger partial charge in [-0.15, -0.1) is 0 Å². The minimum Gasteiger partial charge on any atom is -0.335 e. The second-order valence-corrected chi connectivity index (χ2v) is 8.40. The Kier molecular flexibility index (Phi) is 4.88. The molecule has 3 aromatic heterocycles. The number of imidazole rings is 1. The highest BCUT2D eigenvalue weighted by molar-refractivity contribution is 7.19. The number of aryl methyl sites for hydroxylation is 2. The highest BCUT2D eigenvalue weighted by Gasteiger charge is 2.19. The van der Waals surface area contributed by atoms with Crippen LogP contribution in [0.2, 0.25) is 0 Å². The lowest BCUT2D eigenvalue weighted by Gasteiger charge is -2.07. The van der Waals surface area contributed by atoms with Crippen LogP contribution in [-0.4, -0.2) is 25.0 Å². The molecule has 7 heteroatoms. The number of fused-ring (bicyclic) bond motifs is 1. The minimum absolute atomic E-state index is 0.107. The summed E-state index contributed by atoms with van der Waals surface area (Å²) < 4.78 is 3.98. The number of carbonyl (C=O) groups is 1. The van der Waals surface area contributed by atoms with Crippen LogP contribution in [0.4, 0.5) is 5.13 Å². The molecule has 5 aromatic rings. The van der Waals surface area contributed by atoms with Crippen LogP contribution in [0.1, 0.15) is 5.69 Å². The lowest BCUT2D eigenvalue weighted by Crippen LogP contribution is -2.19. The summed E-state index contributed by atoms with van der Waals surface area (Å²) in [6.45, 7) is 2.25. The predicted octanol–water partition coefficient (Wildman–Crippen LogP) is 5.11. The van der Waals surface area contributed by atoms with Gasteiger partial charge in [-0.1, -0.05) is 59.9 Å². The largest absolute Gasteiger partial charge is 0.335 e. The van der Waals surface area contributed by atoms with Crippen molar-refractivity contribution in [1.82, 2.24) is 19.1 Å². The third-order valence-corrected chi connectivity index (χ3v) is 6.23. The van der Waals surface area contributed by atoms with Gasteiger partial charge in [0.15, 0.2) is 11.0 Å². The van der Waals surface area contributed by atoms with Gasteiger partial charge in [0.1, 0.15) is 6.54 Å². The molecule has 2 aromatic carbocycles. The SMILES string of the molecule is Cc1cc2ccccc2n1CC(=O)Nc1nc(-c2ccccc2)c(-c2nccn2C)s1. The van der Waals surface area contributed by atoms with E-state index in [1.54, 1.807) is 6.20 Å². The maximum atomic E-state index is 12.9. The van der Waals surface area contributed by atoms with Gasteiger partial charge in [0.2, 0.25) is 5.91 Å². The Labute approximate surface area is 183 Å². The number of carbonyl (C=O) groups excluding carboxylic acids is 1. The normalized spacial score (nSPS) is 11.2. The van der Waals surface area contributed by atoms with Gasteiger partial charge < -0.3 is 14.5 Å². The summed E-state index contributed by atoms with van der Waals surface area (Å²) in [5.74, 6) is 0.716. The van der Waals surface area contributed by atoms with Crippen molar-refractivity contribution < 1.29 is 4.79 Å². The van der Waals surface area contributed by atoms with Gasteiger partial charge in [-0.25, -0.2) is 9.97 Å². The van der Waals surface area contributed by atoms with E-state index in [1.807, 2.05) is 77.8 Å². The van der Waals surface area contributed by atoms with E-state index < -0.39 is 0 Å². The van der Waals surface area contributed by atoms with Crippen LogP contribution in [0.15, 0.2) is 73.1 Å². The first-order valence-electron chi connectivity index (χ1n) is 9.99. The molecule has 0 unspecified atom stereocenters. The van der Waals surface area contributed by atoms with E-state index in [0.29, 0.717) is 5.13 Å². The lowest BCUT2D eigenvalue weighted by molar-refractivity contribution is -0.116. The number of nitrogens with one attached hydrogen (secondary N) is 1. The van der Waals surface area contributed by atoms with Crippen molar-refractivity contribution in [2.75, 3.05) is 5.32 Å². The molecule has 0 radical (unpaired) electrons. The summed E-state index contributed by atoms with van der Waals surface area (Å²) in [4.78, 5) is 23.1. The van der Waals surface area contributed by atoms with E-state index in [1.165, 1.54) is 11.3 Å². The topological polar surface area (TPSA) is 64.7 Å². The van der Waals surface area contributed by atoms with Crippen LogP contribution in [0.3, 0.4) is 0 Å². The summed E-state index contributed by atoms with van der Waals surface area (Å²) in [6.07, 6.45) is 3.67. The van der Waals surface area contributed by atoms with Crippen LogP contribution in [0.5, 0.6) is 0 Å². The molecule has 0 saturated heterocycles. The molecule has 1 amide bonds. The Balaban J connectivity index is 1.47. The first kappa shape index (κ1) is 19.3. The number of hydrogen-bond donors (Lipinski definition) is 1. The third-order valence-electron chi connectivity index (χ3n) is 5.26. The summed E-state index contributed by atoms with van der Waals surface area (Å²) >= 11 is 1.44. The van der Waals surface area contributed by atoms with Gasteiger partial charge in [0.05, 0.1) is 10.6 Å². The van der Waals surface area contributed by atoms with Gasteiger partial charge in [-0.2, -0.15) is 0 Å². The number of benzene rings is 2. The molecular formula is C24H21N5OS. The molecule has 0 aliphatic heterocycles. The molecule has 5 rings (SSSR count). The lowest BCUT2D eigenvalue weighted by atomic mass is 10.1. The van der Waals surface area contributed by atoms with Crippen molar-refractivity contribution >= 4 is 33.3 Å². The molecule has 0 fully saturated rings. The fourth-order valence-corrected chi connectivity index (χ4v) is 4.81. The van der Waals surface area contributed by atoms with E-state index in [0.717, 1.165) is 38.6 Å². The number of thiazole rings is 1. The maximum Gasteiger partial charge on any atom is 0.246 e. The Hall–Kier alpha value is -3.71. The Morgan fingerprint density at radius 2 is 1.87 bits per heavy atom. The predicted molar refractivity (Wildman–Crippen MR) is 125 cm³/mol. The first-order chi connectivity index (χ1) is 15.1. The molecule has 0 aliphatic rings. The zero-order valence-corrected chi connectivity index (χ0v) is 18.1. The van der Waals surface area contributed by atoms with Crippen molar-refractivity contribution in [2.24, 2.45) is 7.05 Å². The summed E-state index contributed by atoms with van der Waals surface area (Å²) in [5, 5.41) is 4.69. The van der Waals surface area contributed by atoms with Crippen molar-refractivity contribution in [3.8, 4) is 22.0 Å². The van der Waals surface area contributed by atoms with Crippen LogP contribution in [0, 0.1) is 6.92 Å². The van der Waals surface area contributed by atoms with Gasteiger partial charge >= 0.3 is 0 Å². The molecule has 0 saturated carbocycles. The number of nitrogens with zero attached hydrogens (tertiary/aromatic N) is 4. The molecule has 154 valence electrons. The number of para-hydroxylation sites is 1. The Morgan fingerprint density at radius 3 is 2.65 bits per heavy atom. The highest BCUT2D eigenvalue weighted by atomic mass is 32.1. The summed E-state index contributed by atoms with van der Waals surface area (Å²) in [7, 11) is 1.95. The summed E-state index contributed by atoms with van der Waals surface area (Å²) in [6, 6.07) is 20.2. The van der Waals surface area contributed by atoms with Gasteiger partial charge in [-0.05, 0) is 24.4 Å². The number of aromatic nitrogens is 4. The van der Waals surface area contributed by atoms with Crippen molar-refractivity contribution in [2.45, 2.75) is 13.5 Å². The molecule has 0 spiro atoms. The molecular weight excluding hydrogens is 406 g/mol. The van der Waals surface area contributed by atoms with Crippen LogP contribution in [-0.2, 0) is 18.4 Å². The fraction of sp³-hybridized carbons (Fsp3) is 0.125. The average molecular weight is 428 g/mol. The number of amides is 1. The molecule has 3 heterocycles. The van der Waals surface area contributed by atoms with Crippen LogP contribution >= 0.6 is 11.3 Å². The third kappa shape index (κ3) is 3.64. The van der Waals surface area contributed by atoms with E-state index in [9.17, 15) is 4.79 Å². The second kappa shape index (κ2) is 7.85. The molecule has 0 bridgehead atoms. The van der Waals surface area contributed by atoms with Crippen molar-refractivity contribution in [3.05, 3.63) is 78.8 Å². The number of hydrogen-bond acceptors (Lipinski definition) is 4. The molecule has 0 atom stereocenters. The Morgan fingerprint density at radius 1 is 1.10 bits per heavy atom. The monoisotopic (exact) mass is 427 g/mol. The first-order valence-corrected chi connectivity index (χ1v) is 10.8. The molecule has 0 aliphatic carbocycles. The highest BCUT2D eigenvalue weighted by Crippen LogP contribution is 2.38. The quantitative estimate of drug-likeness (QED) is 0.424. The zero-order valence-electron chi connectivity index (χ0n) is 17.2. The standard InChI is InChI=1S/C24H21N5OS/c1-16-14-18-10-6-7-11-19(18)29(16)15-20(30)26-24-27-21(17-8-4-3-5-9-17)22(31-24)23-25-12-13-28(23)2/h3-14H,15H2,1-2H3,(H,26,27,30). The fourth-order valence-electron chi connectivity index (χ4n) is 3.76. The number of anilines is 1. The van der Waals surface area contributed by atoms with Gasteiger partial charge in [0, 0.05) is 36.2 Å². The van der Waals surface area contributed by atoms with E-state index >= 15 is 0 Å². The minimum atomic E-state index is -0.107. The second-order valence-electron chi connectivity index (χ2n) is 7.40. The maximum absolute atomic E-state index is 12.9. The molecule has 31 heavy (non-hydrogen) atoms. The van der Waals surface area contributed by atoms with Crippen molar-refractivity contribution in [3.63, 3.8) is 0 Å². The van der Waals surface area contributed by atoms with E-state index in [2.05, 4.69) is 22.4 Å². The zero-order chi connectivity index (χ0) is 21.4. The number of rotatable bonds is 5. The van der Waals surface area contributed by atoms with Gasteiger partial charge in [0.25, 0.3) is 0 Å². The van der Waals surface area contributed by atoms with Gasteiger partial charge in [-0.3, -0.25) is 4.79 Å². The average Bonchev–Trinajstić information content (AvgIpc) is 3.46. The Bertz CT molecular complexity index is 1380. The van der Waals surface area contributed by atoms with E-state index in [4.69, 9.17) is 4.98 Å². The summed E-state index contributed by atoms with van der Waals surface area (Å²) in [5.41, 5.74) is 3.91. The van der Waals surface area contributed by atoms with Crippen LogP contribution < -0.4 is 5.32 Å². The van der Waals surface area contributed by atoms with Crippen molar-refractivity contribution in [1.29, 1.82) is 0 Å². The smallest absolute Gasteiger partial charge is 0.246 e.